The second kappa shape index (κ2) is 8.33. The Morgan fingerprint density at radius 1 is 0.933 bits per heavy atom. The second-order valence-corrected chi connectivity index (χ2v) is 10.3. The molecule has 156 valence electrons. The molecule has 1 heterocycles. The van der Waals surface area contributed by atoms with Crippen LogP contribution in [-0.4, -0.2) is 38.6 Å². The van der Waals surface area contributed by atoms with Crippen molar-refractivity contribution in [1.82, 2.24) is 10.2 Å². The SMILES string of the molecule is CCS(=O)(=O)c1ccc(-c2cccc(NS(=O)(=O)c3ccc(C(C)=O)cc3)c2)nn1. The van der Waals surface area contributed by atoms with Crippen molar-refractivity contribution in [2.24, 2.45) is 0 Å². The molecule has 0 fully saturated rings. The summed E-state index contributed by atoms with van der Waals surface area (Å²) in [4.78, 5) is 11.4. The van der Waals surface area contributed by atoms with Gasteiger partial charge >= 0.3 is 0 Å². The summed E-state index contributed by atoms with van der Waals surface area (Å²) in [7, 11) is -7.32. The first-order valence-corrected chi connectivity index (χ1v) is 12.1. The van der Waals surface area contributed by atoms with Crippen LogP contribution in [0.25, 0.3) is 11.3 Å². The number of carbonyl (C=O) groups excluding carboxylic acids is 1. The highest BCUT2D eigenvalue weighted by molar-refractivity contribution is 7.92. The van der Waals surface area contributed by atoms with Crippen molar-refractivity contribution in [2.75, 3.05) is 10.5 Å². The summed E-state index contributed by atoms with van der Waals surface area (Å²) >= 11 is 0. The molecule has 0 saturated heterocycles. The van der Waals surface area contributed by atoms with Gasteiger partial charge in [0.15, 0.2) is 20.6 Å². The van der Waals surface area contributed by atoms with Crippen molar-refractivity contribution in [3.63, 3.8) is 0 Å². The summed E-state index contributed by atoms with van der Waals surface area (Å²) in [5, 5.41) is 7.60. The fraction of sp³-hybridized carbons (Fsp3) is 0.150. The maximum atomic E-state index is 12.6. The standard InChI is InChI=1S/C20H19N3O5S2/c1-3-29(25,26)20-12-11-19(21-22-20)16-5-4-6-17(13-16)23-30(27,28)18-9-7-15(8-10-18)14(2)24/h4-13,23H,3H2,1-2H3. The summed E-state index contributed by atoms with van der Waals surface area (Å²) in [5.74, 6) is -0.232. The molecule has 0 amide bonds. The monoisotopic (exact) mass is 445 g/mol. The van der Waals surface area contributed by atoms with Crippen LogP contribution in [0.3, 0.4) is 0 Å². The predicted molar refractivity (Wildman–Crippen MR) is 112 cm³/mol. The van der Waals surface area contributed by atoms with Gasteiger partial charge in [0.25, 0.3) is 10.0 Å². The van der Waals surface area contributed by atoms with Crippen molar-refractivity contribution in [2.45, 2.75) is 23.8 Å². The molecule has 0 aliphatic heterocycles. The summed E-state index contributed by atoms with van der Waals surface area (Å²) in [6.07, 6.45) is 0. The van der Waals surface area contributed by atoms with Gasteiger partial charge in [0.1, 0.15) is 0 Å². The van der Waals surface area contributed by atoms with E-state index in [0.717, 1.165) is 0 Å². The highest BCUT2D eigenvalue weighted by atomic mass is 32.2. The van der Waals surface area contributed by atoms with E-state index in [1.807, 2.05) is 0 Å². The van der Waals surface area contributed by atoms with Crippen LogP contribution < -0.4 is 4.72 Å². The van der Waals surface area contributed by atoms with Crippen LogP contribution in [0, 0.1) is 0 Å². The number of nitrogens with zero attached hydrogens (tertiary/aromatic N) is 2. The summed E-state index contributed by atoms with van der Waals surface area (Å²) < 4.78 is 51.4. The summed E-state index contributed by atoms with van der Waals surface area (Å²) in [6, 6.07) is 15.0. The van der Waals surface area contributed by atoms with Gasteiger partial charge in [-0.3, -0.25) is 9.52 Å². The Morgan fingerprint density at radius 3 is 2.20 bits per heavy atom. The van der Waals surface area contributed by atoms with Crippen molar-refractivity contribution in [1.29, 1.82) is 0 Å². The molecule has 0 atom stereocenters. The molecule has 0 saturated carbocycles. The number of aromatic nitrogens is 2. The maximum absolute atomic E-state index is 12.6. The van der Waals surface area contributed by atoms with Gasteiger partial charge in [-0.15, -0.1) is 10.2 Å². The zero-order chi connectivity index (χ0) is 21.9. The lowest BCUT2D eigenvalue weighted by Gasteiger charge is -2.10. The first-order valence-electron chi connectivity index (χ1n) is 8.93. The zero-order valence-corrected chi connectivity index (χ0v) is 17.9. The third-order valence-electron chi connectivity index (χ3n) is 4.32. The molecule has 30 heavy (non-hydrogen) atoms. The molecule has 1 N–H and O–H groups in total. The maximum Gasteiger partial charge on any atom is 0.261 e. The topological polar surface area (TPSA) is 123 Å². The number of ketones is 1. The van der Waals surface area contributed by atoms with Crippen LogP contribution >= 0.6 is 0 Å². The fourth-order valence-electron chi connectivity index (χ4n) is 2.61. The summed E-state index contributed by atoms with van der Waals surface area (Å²) in [6.45, 7) is 2.93. The van der Waals surface area contributed by atoms with Gasteiger partial charge < -0.3 is 0 Å². The number of benzene rings is 2. The van der Waals surface area contributed by atoms with Gasteiger partial charge in [-0.2, -0.15) is 0 Å². The van der Waals surface area contributed by atoms with E-state index >= 15 is 0 Å². The van der Waals surface area contributed by atoms with Crippen molar-refractivity contribution < 1.29 is 21.6 Å². The molecule has 1 aromatic heterocycles. The van der Waals surface area contributed by atoms with E-state index in [1.54, 1.807) is 24.3 Å². The van der Waals surface area contributed by atoms with Crippen LogP contribution in [-0.2, 0) is 19.9 Å². The van der Waals surface area contributed by atoms with E-state index in [-0.39, 0.29) is 21.5 Å². The predicted octanol–water partition coefficient (Wildman–Crippen LogP) is 2.94. The number of nitrogens with one attached hydrogen (secondary N) is 1. The lowest BCUT2D eigenvalue weighted by Crippen LogP contribution is -2.13. The Balaban J connectivity index is 1.85. The molecule has 3 aromatic rings. The Hall–Kier alpha value is -3.11. The Labute approximate surface area is 175 Å². The minimum atomic E-state index is -3.86. The number of carbonyl (C=O) groups is 1. The Bertz CT molecular complexity index is 1290. The van der Waals surface area contributed by atoms with Gasteiger partial charge in [-0.05, 0) is 43.3 Å². The number of anilines is 1. The molecule has 8 nitrogen and oxygen atoms in total. The molecular weight excluding hydrogens is 426 g/mol. The zero-order valence-electron chi connectivity index (χ0n) is 16.2. The number of Topliss-reactive ketones (excluding diaryl/α,β-unsaturated/α-hetero) is 1. The number of sulfone groups is 1. The Kier molecular flexibility index (Phi) is 5.99. The van der Waals surface area contributed by atoms with Crippen LogP contribution in [0.2, 0.25) is 0 Å². The lowest BCUT2D eigenvalue weighted by atomic mass is 10.1. The van der Waals surface area contributed by atoms with Crippen molar-refractivity contribution >= 4 is 31.3 Å². The normalized spacial score (nSPS) is 11.8. The molecule has 0 spiro atoms. The van der Waals surface area contributed by atoms with E-state index in [9.17, 15) is 21.6 Å². The van der Waals surface area contributed by atoms with Crippen molar-refractivity contribution in [3.8, 4) is 11.3 Å². The van der Waals surface area contributed by atoms with E-state index in [1.165, 1.54) is 50.2 Å². The first-order chi connectivity index (χ1) is 14.1. The van der Waals surface area contributed by atoms with Crippen molar-refractivity contribution in [3.05, 3.63) is 66.2 Å². The average Bonchev–Trinajstić information content (AvgIpc) is 2.74. The second-order valence-electron chi connectivity index (χ2n) is 6.43. The number of sulfonamides is 1. The molecule has 0 unspecified atom stereocenters. The highest BCUT2D eigenvalue weighted by Crippen LogP contribution is 2.23. The minimum Gasteiger partial charge on any atom is -0.295 e. The van der Waals surface area contributed by atoms with Crippen LogP contribution in [0.5, 0.6) is 0 Å². The summed E-state index contributed by atoms with van der Waals surface area (Å²) in [5.41, 5.74) is 1.69. The molecule has 3 rings (SSSR count). The number of hydrogen-bond acceptors (Lipinski definition) is 7. The average molecular weight is 446 g/mol. The lowest BCUT2D eigenvalue weighted by molar-refractivity contribution is 0.101. The molecule has 2 aromatic carbocycles. The quantitative estimate of drug-likeness (QED) is 0.555. The number of hydrogen-bond donors (Lipinski definition) is 1. The van der Waals surface area contributed by atoms with E-state index in [4.69, 9.17) is 0 Å². The van der Waals surface area contributed by atoms with E-state index < -0.39 is 19.9 Å². The molecule has 0 radical (unpaired) electrons. The van der Waals surface area contributed by atoms with Crippen LogP contribution in [0.15, 0.2) is 70.6 Å². The third kappa shape index (κ3) is 4.71. The van der Waals surface area contributed by atoms with E-state index in [0.29, 0.717) is 22.5 Å². The molecular formula is C20H19N3O5S2. The minimum absolute atomic E-state index is 0.0202. The highest BCUT2D eigenvalue weighted by Gasteiger charge is 2.16. The number of rotatable bonds is 7. The van der Waals surface area contributed by atoms with Gasteiger partial charge in [-0.1, -0.05) is 31.2 Å². The van der Waals surface area contributed by atoms with E-state index in [2.05, 4.69) is 14.9 Å². The first kappa shape index (κ1) is 21.6. The molecule has 0 aliphatic rings. The molecule has 0 bridgehead atoms. The largest absolute Gasteiger partial charge is 0.295 e. The van der Waals surface area contributed by atoms with Crippen LogP contribution in [0.4, 0.5) is 5.69 Å². The van der Waals surface area contributed by atoms with Gasteiger partial charge in [0.05, 0.1) is 16.3 Å². The third-order valence-corrected chi connectivity index (χ3v) is 7.33. The smallest absolute Gasteiger partial charge is 0.261 e. The van der Waals surface area contributed by atoms with Gasteiger partial charge in [0, 0.05) is 16.8 Å². The molecule has 10 heteroatoms. The van der Waals surface area contributed by atoms with Gasteiger partial charge in [-0.25, -0.2) is 16.8 Å². The fourth-order valence-corrected chi connectivity index (χ4v) is 4.40. The Morgan fingerprint density at radius 2 is 1.63 bits per heavy atom. The van der Waals surface area contributed by atoms with Gasteiger partial charge in [0.2, 0.25) is 0 Å². The van der Waals surface area contributed by atoms with Crippen LogP contribution in [0.1, 0.15) is 24.2 Å². The molecule has 0 aliphatic carbocycles.